The van der Waals surface area contributed by atoms with Gasteiger partial charge in [-0.05, 0) is 64.8 Å². The molecule has 1 aliphatic heterocycles. The van der Waals surface area contributed by atoms with Crippen LogP contribution in [0.1, 0.15) is 58.0 Å². The summed E-state index contributed by atoms with van der Waals surface area (Å²) in [4.78, 5) is 12.1. The Bertz CT molecular complexity index is 579. The van der Waals surface area contributed by atoms with Crippen molar-refractivity contribution in [3.05, 3.63) is 33.8 Å². The summed E-state index contributed by atoms with van der Waals surface area (Å²) in [5, 5.41) is 0. The molecule has 0 saturated carbocycles. The molecule has 0 amide bonds. The highest BCUT2D eigenvalue weighted by atomic mass is 79.9. The third kappa shape index (κ3) is 4.21. The molecule has 1 aromatic carbocycles. The number of esters is 1. The first kappa shape index (κ1) is 19.5. The maximum absolute atomic E-state index is 12.1. The van der Waals surface area contributed by atoms with Gasteiger partial charge in [-0.3, -0.25) is 4.79 Å². The first-order valence-electron chi connectivity index (χ1n) is 8.34. The fraction of sp³-hybridized carbons (Fsp3) is 0.611. The van der Waals surface area contributed by atoms with Gasteiger partial charge in [0.15, 0.2) is 0 Å². The normalized spacial score (nSPS) is 20.0. The van der Waals surface area contributed by atoms with Gasteiger partial charge in [0.05, 0.1) is 24.2 Å². The number of hydrogen-bond donors (Lipinski definition) is 0. The minimum Gasteiger partial charge on any atom is -0.466 e. The monoisotopic (exact) mass is 396 g/mol. The van der Waals surface area contributed by atoms with Crippen molar-refractivity contribution in [3.63, 3.8) is 0 Å². The topological polar surface area (TPSA) is 44.8 Å². The summed E-state index contributed by atoms with van der Waals surface area (Å²) < 4.78 is 18.5. The Labute approximate surface area is 153 Å². The second-order valence-corrected chi connectivity index (χ2v) is 8.22. The van der Waals surface area contributed by atoms with Crippen molar-refractivity contribution in [1.29, 1.82) is 0 Å². The number of hydrogen-bond acceptors (Lipinski definition) is 4. The number of carbonyl (C=O) groups excluding carboxylic acids is 1. The van der Waals surface area contributed by atoms with Crippen LogP contribution in [0, 0.1) is 6.92 Å². The first-order chi connectivity index (χ1) is 11.1. The van der Waals surface area contributed by atoms with E-state index in [-0.39, 0.29) is 18.2 Å². The van der Waals surface area contributed by atoms with Crippen LogP contribution < -0.4 is 0 Å². The second-order valence-electron chi connectivity index (χ2n) is 7.30. The number of halogens is 1. The quantitative estimate of drug-likeness (QED) is 0.545. The van der Waals surface area contributed by atoms with Gasteiger partial charge in [0, 0.05) is 10.3 Å². The molecule has 0 aromatic heterocycles. The maximum Gasteiger partial charge on any atom is 0.466 e. The predicted octanol–water partition coefficient (Wildman–Crippen LogP) is 4.43. The molecule has 0 bridgehead atoms. The zero-order valence-electron chi connectivity index (χ0n) is 15.3. The molecule has 24 heavy (non-hydrogen) atoms. The van der Waals surface area contributed by atoms with E-state index in [1.807, 2.05) is 53.7 Å². The third-order valence-corrected chi connectivity index (χ3v) is 5.24. The largest absolute Gasteiger partial charge is 0.466 e. The Kier molecular flexibility index (Phi) is 5.83. The summed E-state index contributed by atoms with van der Waals surface area (Å²) in [5.41, 5.74) is 1.25. The maximum atomic E-state index is 12.1. The average Bonchev–Trinajstić information content (AvgIpc) is 2.63. The summed E-state index contributed by atoms with van der Waals surface area (Å²) in [6, 6.07) is 6.12. The van der Waals surface area contributed by atoms with Crippen molar-refractivity contribution in [1.82, 2.24) is 0 Å². The van der Waals surface area contributed by atoms with Gasteiger partial charge >= 0.3 is 13.1 Å². The average molecular weight is 397 g/mol. The highest BCUT2D eigenvalue weighted by Gasteiger charge is 2.54. The van der Waals surface area contributed by atoms with E-state index in [9.17, 15) is 4.79 Å². The van der Waals surface area contributed by atoms with E-state index in [4.69, 9.17) is 14.0 Å². The van der Waals surface area contributed by atoms with Crippen LogP contribution in [-0.4, -0.2) is 30.9 Å². The lowest BCUT2D eigenvalue weighted by molar-refractivity contribution is -0.143. The van der Waals surface area contributed by atoms with Gasteiger partial charge < -0.3 is 14.0 Å². The van der Waals surface area contributed by atoms with Crippen molar-refractivity contribution in [3.8, 4) is 0 Å². The highest BCUT2D eigenvalue weighted by Crippen LogP contribution is 2.42. The molecular weight excluding hydrogens is 371 g/mol. The Balaban J connectivity index is 2.35. The summed E-state index contributed by atoms with van der Waals surface area (Å²) >= 11 is 3.53. The van der Waals surface area contributed by atoms with E-state index in [0.29, 0.717) is 6.61 Å². The van der Waals surface area contributed by atoms with Crippen LogP contribution in [0.25, 0.3) is 0 Å². The van der Waals surface area contributed by atoms with Crippen LogP contribution in [0.5, 0.6) is 0 Å². The van der Waals surface area contributed by atoms with Crippen LogP contribution in [-0.2, 0) is 18.8 Å². The predicted molar refractivity (Wildman–Crippen MR) is 99.0 cm³/mol. The van der Waals surface area contributed by atoms with Crippen molar-refractivity contribution < 1.29 is 18.8 Å². The highest BCUT2D eigenvalue weighted by molar-refractivity contribution is 9.10. The van der Waals surface area contributed by atoms with Crippen molar-refractivity contribution >= 4 is 29.0 Å². The zero-order valence-corrected chi connectivity index (χ0v) is 16.9. The standard InChI is InChI=1S/C18H26BBrO4/c1-7-22-16(21)11-15(13-8-12(2)9-14(20)10-13)19-23-17(3,4)18(5,6)24-19/h8-10,15H,7,11H2,1-6H3. The van der Waals surface area contributed by atoms with E-state index >= 15 is 0 Å². The molecule has 0 spiro atoms. The fourth-order valence-corrected chi connectivity index (χ4v) is 3.43. The van der Waals surface area contributed by atoms with E-state index < -0.39 is 18.3 Å². The Hall–Kier alpha value is -0.845. The van der Waals surface area contributed by atoms with E-state index in [2.05, 4.69) is 22.0 Å². The molecule has 6 heteroatoms. The van der Waals surface area contributed by atoms with Crippen LogP contribution in [0.4, 0.5) is 0 Å². The van der Waals surface area contributed by atoms with E-state index in [1.165, 1.54) is 0 Å². The first-order valence-corrected chi connectivity index (χ1v) is 9.13. The van der Waals surface area contributed by atoms with E-state index in [0.717, 1.165) is 15.6 Å². The van der Waals surface area contributed by atoms with Crippen molar-refractivity contribution in [2.75, 3.05) is 6.61 Å². The van der Waals surface area contributed by atoms with Crippen molar-refractivity contribution in [2.24, 2.45) is 0 Å². The molecule has 2 rings (SSSR count). The molecule has 0 radical (unpaired) electrons. The van der Waals surface area contributed by atoms with Gasteiger partial charge in [-0.1, -0.05) is 22.0 Å². The number of carbonyl (C=O) groups is 1. The van der Waals surface area contributed by atoms with Gasteiger partial charge in [-0.2, -0.15) is 0 Å². The second kappa shape index (κ2) is 7.18. The molecule has 0 N–H and O–H groups in total. The van der Waals surface area contributed by atoms with Gasteiger partial charge in [0.1, 0.15) is 0 Å². The molecule has 0 aliphatic carbocycles. The lowest BCUT2D eigenvalue weighted by Gasteiger charge is -2.32. The molecule has 4 nitrogen and oxygen atoms in total. The zero-order chi connectivity index (χ0) is 18.1. The van der Waals surface area contributed by atoms with Gasteiger partial charge in [0.2, 0.25) is 0 Å². The summed E-state index contributed by atoms with van der Waals surface area (Å²) in [6.45, 7) is 12.3. The number of ether oxygens (including phenoxy) is 1. The minimum absolute atomic E-state index is 0.221. The van der Waals surface area contributed by atoms with Gasteiger partial charge in [-0.15, -0.1) is 0 Å². The van der Waals surface area contributed by atoms with Crippen LogP contribution in [0.2, 0.25) is 0 Å². The van der Waals surface area contributed by atoms with Crippen LogP contribution in [0.3, 0.4) is 0 Å². The number of rotatable bonds is 5. The summed E-state index contributed by atoms with van der Waals surface area (Å²) in [6.07, 6.45) is 0.223. The molecule has 1 aromatic rings. The summed E-state index contributed by atoms with van der Waals surface area (Å²) in [5.74, 6) is -0.462. The SMILES string of the molecule is CCOC(=O)CC(B1OC(C)(C)C(C)(C)O1)c1cc(C)cc(Br)c1. The lowest BCUT2D eigenvalue weighted by atomic mass is 9.66. The van der Waals surface area contributed by atoms with Crippen molar-refractivity contribution in [2.45, 2.75) is 65.0 Å². The molecule has 1 fully saturated rings. The van der Waals surface area contributed by atoms with Crippen LogP contribution >= 0.6 is 15.9 Å². The molecule has 132 valence electrons. The fourth-order valence-electron chi connectivity index (χ4n) is 2.80. The number of aryl methyl sites for hydroxylation is 1. The van der Waals surface area contributed by atoms with Gasteiger partial charge in [0.25, 0.3) is 0 Å². The minimum atomic E-state index is -0.492. The third-order valence-electron chi connectivity index (χ3n) is 4.78. The lowest BCUT2D eigenvalue weighted by Crippen LogP contribution is -2.41. The molecule has 1 aliphatic rings. The Morgan fingerprint density at radius 1 is 1.21 bits per heavy atom. The van der Waals surface area contributed by atoms with E-state index in [1.54, 1.807) is 0 Å². The van der Waals surface area contributed by atoms with Crippen LogP contribution in [0.15, 0.2) is 22.7 Å². The molecule has 1 atom stereocenters. The number of benzene rings is 1. The molecule has 1 saturated heterocycles. The Morgan fingerprint density at radius 3 is 2.29 bits per heavy atom. The molecular formula is C18H26BBrO4. The Morgan fingerprint density at radius 2 is 1.79 bits per heavy atom. The smallest absolute Gasteiger partial charge is 0.466 e. The molecule has 1 unspecified atom stereocenters. The summed E-state index contributed by atoms with van der Waals surface area (Å²) in [7, 11) is -0.492. The molecule has 1 heterocycles. The van der Waals surface area contributed by atoms with Gasteiger partial charge in [-0.25, -0.2) is 0 Å².